The van der Waals surface area contributed by atoms with Crippen molar-refractivity contribution in [1.82, 2.24) is 4.98 Å². The molecule has 1 saturated carbocycles. The highest BCUT2D eigenvalue weighted by Gasteiger charge is 2.44. The summed E-state index contributed by atoms with van der Waals surface area (Å²) in [5.74, 6) is -0.484. The molecule has 4 nitrogen and oxygen atoms in total. The molecular weight excluding hydrogens is 259 g/mol. The molecule has 1 heterocycles. The monoisotopic (exact) mass is 269 g/mol. The number of anilines is 1. The standard InChI is InChI=1S/C12H10F3N3O/c13-12(14,15)9-3-2-8(6-17-9)18-10(19)11(7-16)4-1-5-11/h2-3,6H,1,4-5H2,(H,18,19). The average Bonchev–Trinajstić information content (AvgIpc) is 2.27. The molecule has 1 aromatic rings. The van der Waals surface area contributed by atoms with E-state index in [9.17, 15) is 18.0 Å². The summed E-state index contributed by atoms with van der Waals surface area (Å²) >= 11 is 0. The van der Waals surface area contributed by atoms with Crippen LogP contribution in [0.5, 0.6) is 0 Å². The lowest BCUT2D eigenvalue weighted by molar-refractivity contribution is -0.141. The second-order valence-electron chi connectivity index (χ2n) is 4.43. The maximum Gasteiger partial charge on any atom is 0.433 e. The number of rotatable bonds is 2. The lowest BCUT2D eigenvalue weighted by Crippen LogP contribution is -2.40. The summed E-state index contributed by atoms with van der Waals surface area (Å²) in [7, 11) is 0. The molecule has 7 heteroatoms. The molecule has 0 radical (unpaired) electrons. The Balaban J connectivity index is 2.08. The minimum absolute atomic E-state index is 0.152. The van der Waals surface area contributed by atoms with E-state index in [4.69, 9.17) is 5.26 Å². The van der Waals surface area contributed by atoms with Gasteiger partial charge in [-0.15, -0.1) is 0 Å². The minimum Gasteiger partial charge on any atom is -0.323 e. The van der Waals surface area contributed by atoms with Crippen molar-refractivity contribution in [2.45, 2.75) is 25.4 Å². The topological polar surface area (TPSA) is 65.8 Å². The molecule has 100 valence electrons. The number of pyridine rings is 1. The van der Waals surface area contributed by atoms with Gasteiger partial charge in [0.1, 0.15) is 11.1 Å². The molecule has 1 aliphatic rings. The molecule has 1 N–H and O–H groups in total. The second kappa shape index (κ2) is 4.53. The van der Waals surface area contributed by atoms with Crippen molar-refractivity contribution in [3.05, 3.63) is 24.0 Å². The summed E-state index contributed by atoms with van der Waals surface area (Å²) < 4.78 is 36.9. The van der Waals surface area contributed by atoms with Crippen molar-refractivity contribution in [3.63, 3.8) is 0 Å². The molecule has 1 amide bonds. The van der Waals surface area contributed by atoms with Gasteiger partial charge in [0.2, 0.25) is 5.91 Å². The highest BCUT2D eigenvalue weighted by Crippen LogP contribution is 2.41. The third-order valence-corrected chi connectivity index (χ3v) is 3.17. The normalized spacial score (nSPS) is 17.2. The fourth-order valence-corrected chi connectivity index (χ4v) is 1.81. The molecule has 0 saturated heterocycles. The first-order valence-corrected chi connectivity index (χ1v) is 5.63. The number of carbonyl (C=O) groups is 1. The van der Waals surface area contributed by atoms with Gasteiger partial charge in [-0.2, -0.15) is 18.4 Å². The summed E-state index contributed by atoms with van der Waals surface area (Å²) in [5.41, 5.74) is -1.91. The molecule has 0 bridgehead atoms. The van der Waals surface area contributed by atoms with Crippen molar-refractivity contribution in [3.8, 4) is 6.07 Å². The van der Waals surface area contributed by atoms with Crippen LogP contribution in [0.2, 0.25) is 0 Å². The maximum atomic E-state index is 12.3. The molecule has 0 unspecified atom stereocenters. The summed E-state index contributed by atoms with van der Waals surface area (Å²) in [6.07, 6.45) is -1.83. The number of halogens is 3. The van der Waals surface area contributed by atoms with Gasteiger partial charge < -0.3 is 5.32 Å². The van der Waals surface area contributed by atoms with Crippen molar-refractivity contribution in [1.29, 1.82) is 5.26 Å². The Kier molecular flexibility index (Phi) is 3.18. The second-order valence-corrected chi connectivity index (χ2v) is 4.43. The Hall–Kier alpha value is -2.10. The van der Waals surface area contributed by atoms with Crippen LogP contribution in [0, 0.1) is 16.7 Å². The van der Waals surface area contributed by atoms with E-state index >= 15 is 0 Å². The van der Waals surface area contributed by atoms with E-state index in [1.807, 2.05) is 6.07 Å². The Morgan fingerprint density at radius 2 is 2.11 bits per heavy atom. The van der Waals surface area contributed by atoms with E-state index in [2.05, 4.69) is 10.3 Å². The van der Waals surface area contributed by atoms with Crippen LogP contribution in [0.25, 0.3) is 0 Å². The Morgan fingerprint density at radius 3 is 2.47 bits per heavy atom. The quantitative estimate of drug-likeness (QED) is 0.897. The highest BCUT2D eigenvalue weighted by atomic mass is 19.4. The predicted molar refractivity (Wildman–Crippen MR) is 59.8 cm³/mol. The van der Waals surface area contributed by atoms with Gasteiger partial charge in [0.15, 0.2) is 0 Å². The molecule has 1 fully saturated rings. The van der Waals surface area contributed by atoms with Gasteiger partial charge in [0.05, 0.1) is 18.0 Å². The van der Waals surface area contributed by atoms with Gasteiger partial charge in [-0.1, -0.05) is 0 Å². The fourth-order valence-electron chi connectivity index (χ4n) is 1.81. The molecule has 0 spiro atoms. The molecule has 0 aromatic carbocycles. The minimum atomic E-state index is -4.51. The molecule has 0 aliphatic heterocycles. The van der Waals surface area contributed by atoms with Crippen molar-refractivity contribution >= 4 is 11.6 Å². The Morgan fingerprint density at radius 1 is 1.42 bits per heavy atom. The van der Waals surface area contributed by atoms with Crippen LogP contribution in [0.15, 0.2) is 18.3 Å². The largest absolute Gasteiger partial charge is 0.433 e. The fraction of sp³-hybridized carbons (Fsp3) is 0.417. The summed E-state index contributed by atoms with van der Waals surface area (Å²) in [6.45, 7) is 0. The van der Waals surface area contributed by atoms with Crippen LogP contribution >= 0.6 is 0 Å². The zero-order valence-corrected chi connectivity index (χ0v) is 9.79. The van der Waals surface area contributed by atoms with Gasteiger partial charge in [0.25, 0.3) is 0 Å². The third kappa shape index (κ3) is 2.52. The lowest BCUT2D eigenvalue weighted by atomic mass is 9.69. The van der Waals surface area contributed by atoms with Crippen LogP contribution in [0.4, 0.5) is 18.9 Å². The van der Waals surface area contributed by atoms with Gasteiger partial charge in [-0.3, -0.25) is 4.79 Å². The number of amides is 1. The van der Waals surface area contributed by atoms with E-state index in [0.717, 1.165) is 24.8 Å². The van der Waals surface area contributed by atoms with Crippen LogP contribution in [0.1, 0.15) is 25.0 Å². The third-order valence-electron chi connectivity index (χ3n) is 3.17. The predicted octanol–water partition coefficient (Wildman–Crippen LogP) is 2.73. The van der Waals surface area contributed by atoms with Gasteiger partial charge in [0, 0.05) is 0 Å². The summed E-state index contributed by atoms with van der Waals surface area (Å²) in [4.78, 5) is 15.1. The lowest BCUT2D eigenvalue weighted by Gasteiger charge is -2.33. The van der Waals surface area contributed by atoms with Crippen LogP contribution in [0.3, 0.4) is 0 Å². The van der Waals surface area contributed by atoms with Crippen molar-refractivity contribution < 1.29 is 18.0 Å². The van der Waals surface area contributed by atoms with Crippen LogP contribution in [-0.4, -0.2) is 10.9 Å². The number of nitrogens with one attached hydrogen (secondary N) is 1. The highest BCUT2D eigenvalue weighted by molar-refractivity contribution is 5.97. The first kappa shape index (κ1) is 13.3. The number of carbonyl (C=O) groups excluding carboxylic acids is 1. The van der Waals surface area contributed by atoms with Crippen LogP contribution < -0.4 is 5.32 Å². The van der Waals surface area contributed by atoms with E-state index in [-0.39, 0.29) is 5.69 Å². The first-order valence-electron chi connectivity index (χ1n) is 5.63. The Bertz CT molecular complexity index is 527. The molecule has 1 aromatic heterocycles. The number of nitriles is 1. The first-order chi connectivity index (χ1) is 8.87. The maximum absolute atomic E-state index is 12.3. The van der Waals surface area contributed by atoms with Crippen LogP contribution in [-0.2, 0) is 11.0 Å². The number of alkyl halides is 3. The smallest absolute Gasteiger partial charge is 0.323 e. The number of hydrogen-bond donors (Lipinski definition) is 1. The Labute approximate surface area is 107 Å². The van der Waals surface area contributed by atoms with Crippen molar-refractivity contribution in [2.24, 2.45) is 5.41 Å². The average molecular weight is 269 g/mol. The SMILES string of the molecule is N#CC1(C(=O)Nc2ccc(C(F)(F)F)nc2)CCC1. The summed E-state index contributed by atoms with van der Waals surface area (Å²) in [5, 5.41) is 11.4. The molecule has 2 rings (SSSR count). The van der Waals surface area contributed by atoms with E-state index in [1.165, 1.54) is 0 Å². The molecule has 19 heavy (non-hydrogen) atoms. The summed E-state index contributed by atoms with van der Waals surface area (Å²) in [6, 6.07) is 3.87. The zero-order chi connectivity index (χ0) is 14.1. The van der Waals surface area contributed by atoms with Crippen molar-refractivity contribution in [2.75, 3.05) is 5.32 Å². The van der Waals surface area contributed by atoms with Gasteiger partial charge in [-0.25, -0.2) is 4.98 Å². The molecule has 0 atom stereocenters. The van der Waals surface area contributed by atoms with E-state index < -0.39 is 23.2 Å². The van der Waals surface area contributed by atoms with E-state index in [1.54, 1.807) is 0 Å². The van der Waals surface area contributed by atoms with Gasteiger partial charge >= 0.3 is 6.18 Å². The number of hydrogen-bond acceptors (Lipinski definition) is 3. The van der Waals surface area contributed by atoms with Gasteiger partial charge in [-0.05, 0) is 31.4 Å². The zero-order valence-electron chi connectivity index (χ0n) is 9.79. The molecule has 1 aliphatic carbocycles. The van der Waals surface area contributed by atoms with E-state index in [0.29, 0.717) is 12.8 Å². The number of aromatic nitrogens is 1. The number of nitrogens with zero attached hydrogens (tertiary/aromatic N) is 2. The molecular formula is C12H10F3N3O.